The van der Waals surface area contributed by atoms with Gasteiger partial charge in [-0.05, 0) is 57.2 Å². The third-order valence-electron chi connectivity index (χ3n) is 4.02. The summed E-state index contributed by atoms with van der Waals surface area (Å²) >= 11 is 3.59. The summed E-state index contributed by atoms with van der Waals surface area (Å²) in [5, 5.41) is 3.52. The van der Waals surface area contributed by atoms with Crippen molar-refractivity contribution in [2.24, 2.45) is 0 Å². The number of hydrogen-bond donors (Lipinski definition) is 1. The molecule has 4 heteroatoms. The van der Waals surface area contributed by atoms with Crippen molar-refractivity contribution in [3.05, 3.63) is 28.2 Å². The molecule has 1 saturated heterocycles. The summed E-state index contributed by atoms with van der Waals surface area (Å²) in [4.78, 5) is 4.87. The molecule has 1 aromatic rings. The molecule has 1 aliphatic rings. The van der Waals surface area contributed by atoms with E-state index in [1.54, 1.807) is 0 Å². The molecule has 20 heavy (non-hydrogen) atoms. The Kier molecular flexibility index (Phi) is 5.87. The zero-order valence-electron chi connectivity index (χ0n) is 12.8. The molecule has 1 N–H and O–H groups in total. The molecule has 0 amide bonds. The second-order valence-electron chi connectivity index (χ2n) is 5.80. The third-order valence-corrected chi connectivity index (χ3v) is 4.51. The number of anilines is 1. The van der Waals surface area contributed by atoms with Crippen LogP contribution in [-0.4, -0.2) is 44.7 Å². The van der Waals surface area contributed by atoms with Gasteiger partial charge in [0.1, 0.15) is 0 Å². The van der Waals surface area contributed by atoms with Gasteiger partial charge < -0.3 is 15.1 Å². The quantitative estimate of drug-likeness (QED) is 0.803. The Hall–Kier alpha value is -0.580. The van der Waals surface area contributed by atoms with Crippen LogP contribution in [-0.2, 0) is 6.54 Å². The van der Waals surface area contributed by atoms with Gasteiger partial charge in [-0.15, -0.1) is 0 Å². The Morgan fingerprint density at radius 2 is 2.20 bits per heavy atom. The standard InChI is InChI=1S/C16H26BrN3/c1-4-8-18-11-13-10-14(17)5-6-16(13)20-9-7-15(12-20)19(2)3/h5-6,10,15,18H,4,7-9,11-12H2,1-3H3. The Bertz CT molecular complexity index is 434. The van der Waals surface area contributed by atoms with Crippen molar-refractivity contribution >= 4 is 21.6 Å². The van der Waals surface area contributed by atoms with E-state index in [-0.39, 0.29) is 0 Å². The minimum absolute atomic E-state index is 0.676. The summed E-state index contributed by atoms with van der Waals surface area (Å²) in [6.45, 7) is 6.52. The molecular weight excluding hydrogens is 314 g/mol. The van der Waals surface area contributed by atoms with Gasteiger partial charge in [0, 0.05) is 35.8 Å². The van der Waals surface area contributed by atoms with Gasteiger partial charge in [-0.3, -0.25) is 0 Å². The summed E-state index contributed by atoms with van der Waals surface area (Å²) in [5.41, 5.74) is 2.79. The summed E-state index contributed by atoms with van der Waals surface area (Å²) in [7, 11) is 4.36. The molecule has 1 fully saturated rings. The average Bonchev–Trinajstić information content (AvgIpc) is 2.89. The molecule has 3 nitrogen and oxygen atoms in total. The first kappa shape index (κ1) is 15.8. The molecule has 112 valence electrons. The maximum absolute atomic E-state index is 3.59. The van der Waals surface area contributed by atoms with Gasteiger partial charge in [-0.1, -0.05) is 22.9 Å². The highest BCUT2D eigenvalue weighted by Gasteiger charge is 2.25. The fraction of sp³-hybridized carbons (Fsp3) is 0.625. The van der Waals surface area contributed by atoms with Crippen LogP contribution in [0.5, 0.6) is 0 Å². The molecule has 1 aliphatic heterocycles. The van der Waals surface area contributed by atoms with Crippen molar-refractivity contribution in [3.63, 3.8) is 0 Å². The van der Waals surface area contributed by atoms with Crippen LogP contribution >= 0.6 is 15.9 Å². The number of likely N-dealkylation sites (N-methyl/N-ethyl adjacent to an activating group) is 1. The number of rotatable bonds is 6. The van der Waals surface area contributed by atoms with Gasteiger partial charge in [0.2, 0.25) is 0 Å². The Balaban J connectivity index is 2.10. The lowest BCUT2D eigenvalue weighted by Crippen LogP contribution is -2.32. The summed E-state index contributed by atoms with van der Waals surface area (Å²) in [6, 6.07) is 7.34. The van der Waals surface area contributed by atoms with Crippen LogP contribution in [0.25, 0.3) is 0 Å². The number of benzene rings is 1. The van der Waals surface area contributed by atoms with Gasteiger partial charge in [0.05, 0.1) is 0 Å². The zero-order valence-corrected chi connectivity index (χ0v) is 14.4. The predicted octanol–water partition coefficient (Wildman–Crippen LogP) is 3.09. The lowest BCUT2D eigenvalue weighted by atomic mass is 10.1. The van der Waals surface area contributed by atoms with Crippen molar-refractivity contribution in [2.75, 3.05) is 38.6 Å². The highest BCUT2D eigenvalue weighted by atomic mass is 79.9. The first-order chi connectivity index (χ1) is 9.61. The van der Waals surface area contributed by atoms with E-state index in [2.05, 4.69) is 70.3 Å². The minimum Gasteiger partial charge on any atom is -0.370 e. The second-order valence-corrected chi connectivity index (χ2v) is 6.72. The minimum atomic E-state index is 0.676. The van der Waals surface area contributed by atoms with Crippen molar-refractivity contribution < 1.29 is 0 Å². The number of nitrogens with zero attached hydrogens (tertiary/aromatic N) is 2. The highest BCUT2D eigenvalue weighted by molar-refractivity contribution is 9.10. The number of hydrogen-bond acceptors (Lipinski definition) is 3. The largest absolute Gasteiger partial charge is 0.370 e. The van der Waals surface area contributed by atoms with Crippen LogP contribution in [0.1, 0.15) is 25.3 Å². The Morgan fingerprint density at radius 1 is 1.40 bits per heavy atom. The Labute approximate surface area is 131 Å². The maximum atomic E-state index is 3.59. The van der Waals surface area contributed by atoms with Crippen LogP contribution in [0.2, 0.25) is 0 Å². The summed E-state index contributed by atoms with van der Waals surface area (Å²) < 4.78 is 1.16. The molecule has 0 saturated carbocycles. The molecule has 1 heterocycles. The van der Waals surface area contributed by atoms with Gasteiger partial charge in [0.25, 0.3) is 0 Å². The first-order valence-corrected chi connectivity index (χ1v) is 8.31. The number of halogens is 1. The van der Waals surface area contributed by atoms with E-state index in [0.717, 1.165) is 30.7 Å². The maximum Gasteiger partial charge on any atom is 0.0413 e. The van der Waals surface area contributed by atoms with E-state index >= 15 is 0 Å². The van der Waals surface area contributed by atoms with Crippen molar-refractivity contribution in [3.8, 4) is 0 Å². The monoisotopic (exact) mass is 339 g/mol. The summed E-state index contributed by atoms with van der Waals surface area (Å²) in [5.74, 6) is 0. The highest BCUT2D eigenvalue weighted by Crippen LogP contribution is 2.28. The van der Waals surface area contributed by atoms with Crippen LogP contribution in [0.15, 0.2) is 22.7 Å². The average molecular weight is 340 g/mol. The van der Waals surface area contributed by atoms with E-state index in [9.17, 15) is 0 Å². The van der Waals surface area contributed by atoms with E-state index in [4.69, 9.17) is 0 Å². The van der Waals surface area contributed by atoms with Gasteiger partial charge in [0.15, 0.2) is 0 Å². The predicted molar refractivity (Wildman–Crippen MR) is 90.4 cm³/mol. The smallest absolute Gasteiger partial charge is 0.0413 e. The molecular formula is C16H26BrN3. The molecule has 0 radical (unpaired) electrons. The molecule has 2 rings (SSSR count). The van der Waals surface area contributed by atoms with E-state index < -0.39 is 0 Å². The van der Waals surface area contributed by atoms with Crippen molar-refractivity contribution in [2.45, 2.75) is 32.4 Å². The van der Waals surface area contributed by atoms with E-state index in [1.165, 1.54) is 24.1 Å². The zero-order chi connectivity index (χ0) is 14.5. The molecule has 0 aliphatic carbocycles. The fourth-order valence-corrected chi connectivity index (χ4v) is 3.19. The van der Waals surface area contributed by atoms with Crippen LogP contribution in [0.4, 0.5) is 5.69 Å². The van der Waals surface area contributed by atoms with Gasteiger partial charge in [-0.2, -0.15) is 0 Å². The fourth-order valence-electron chi connectivity index (χ4n) is 2.79. The van der Waals surface area contributed by atoms with Crippen LogP contribution in [0.3, 0.4) is 0 Å². The topological polar surface area (TPSA) is 18.5 Å². The second kappa shape index (κ2) is 7.43. The Morgan fingerprint density at radius 3 is 2.85 bits per heavy atom. The molecule has 0 aromatic heterocycles. The molecule has 1 aromatic carbocycles. The van der Waals surface area contributed by atoms with Crippen molar-refractivity contribution in [1.29, 1.82) is 0 Å². The van der Waals surface area contributed by atoms with E-state index in [1.807, 2.05) is 0 Å². The SMILES string of the molecule is CCCNCc1cc(Br)ccc1N1CCC(N(C)C)C1. The molecule has 0 bridgehead atoms. The van der Waals surface area contributed by atoms with Gasteiger partial charge in [-0.25, -0.2) is 0 Å². The van der Waals surface area contributed by atoms with Crippen molar-refractivity contribution in [1.82, 2.24) is 10.2 Å². The number of nitrogens with one attached hydrogen (secondary N) is 1. The van der Waals surface area contributed by atoms with E-state index in [0.29, 0.717) is 6.04 Å². The lowest BCUT2D eigenvalue weighted by molar-refractivity contribution is 0.315. The van der Waals surface area contributed by atoms with Crippen LogP contribution < -0.4 is 10.2 Å². The molecule has 1 unspecified atom stereocenters. The summed E-state index contributed by atoms with van der Waals surface area (Å²) in [6.07, 6.45) is 2.43. The molecule has 0 spiro atoms. The normalized spacial score (nSPS) is 19.1. The molecule has 1 atom stereocenters. The first-order valence-electron chi connectivity index (χ1n) is 7.52. The van der Waals surface area contributed by atoms with Gasteiger partial charge >= 0.3 is 0 Å². The third kappa shape index (κ3) is 3.96. The van der Waals surface area contributed by atoms with Crippen LogP contribution in [0, 0.1) is 0 Å². The lowest BCUT2D eigenvalue weighted by Gasteiger charge is -2.24.